The molecule has 30 heavy (non-hydrogen) atoms. The lowest BCUT2D eigenvalue weighted by Crippen LogP contribution is -1.90. The van der Waals surface area contributed by atoms with Gasteiger partial charge in [0.2, 0.25) is 0 Å². The molecule has 4 aromatic carbocycles. The summed E-state index contributed by atoms with van der Waals surface area (Å²) in [6, 6.07) is 22.7. The van der Waals surface area contributed by atoms with Crippen molar-refractivity contribution >= 4 is 21.5 Å². The molecule has 0 atom stereocenters. The van der Waals surface area contributed by atoms with Crippen LogP contribution < -0.4 is 0 Å². The van der Waals surface area contributed by atoms with E-state index < -0.39 is 11.6 Å². The molecule has 0 bridgehead atoms. The standard InChI is InChI=1S/C27H19F2N/c1-16-11-17(2)13-21(12-16)27-24-7-4-20-14-18(19-5-8-25(28)26(29)15-19)3-6-22(20)23(24)9-10-30-27/h3-15H,1-2H3. The summed E-state index contributed by atoms with van der Waals surface area (Å²) in [5.41, 5.74) is 5.99. The maximum atomic E-state index is 13.7. The van der Waals surface area contributed by atoms with Crippen LogP contribution >= 0.6 is 0 Å². The van der Waals surface area contributed by atoms with Crippen LogP contribution in [0.15, 0.2) is 79.0 Å². The van der Waals surface area contributed by atoms with Crippen molar-refractivity contribution in [1.82, 2.24) is 4.98 Å². The number of halogens is 2. The third-order valence-electron chi connectivity index (χ3n) is 5.51. The number of benzene rings is 4. The lowest BCUT2D eigenvalue weighted by molar-refractivity contribution is 0.509. The molecule has 0 saturated carbocycles. The van der Waals surface area contributed by atoms with Gasteiger partial charge >= 0.3 is 0 Å². The molecule has 0 N–H and O–H groups in total. The monoisotopic (exact) mass is 395 g/mol. The second-order valence-corrected chi connectivity index (χ2v) is 7.76. The Bertz CT molecular complexity index is 1420. The molecule has 3 heteroatoms. The number of aryl methyl sites for hydroxylation is 2. The third kappa shape index (κ3) is 3.13. The van der Waals surface area contributed by atoms with E-state index in [1.807, 2.05) is 30.5 Å². The first kappa shape index (κ1) is 18.4. The van der Waals surface area contributed by atoms with E-state index >= 15 is 0 Å². The molecular formula is C27H19F2N. The summed E-state index contributed by atoms with van der Waals surface area (Å²) in [5, 5.41) is 4.36. The van der Waals surface area contributed by atoms with Crippen LogP contribution in [-0.2, 0) is 0 Å². The van der Waals surface area contributed by atoms with Gasteiger partial charge in [-0.1, -0.05) is 47.5 Å². The molecule has 5 rings (SSSR count). The first-order chi connectivity index (χ1) is 14.5. The fraction of sp³-hybridized carbons (Fsp3) is 0.0741. The van der Waals surface area contributed by atoms with E-state index in [1.54, 1.807) is 6.07 Å². The molecule has 0 aliphatic carbocycles. The summed E-state index contributed by atoms with van der Waals surface area (Å²) in [5.74, 6) is -1.67. The summed E-state index contributed by atoms with van der Waals surface area (Å²) in [4.78, 5) is 4.67. The predicted octanol–water partition coefficient (Wildman–Crippen LogP) is 7.62. The molecule has 146 valence electrons. The van der Waals surface area contributed by atoms with Gasteiger partial charge in [-0.25, -0.2) is 8.78 Å². The van der Waals surface area contributed by atoms with E-state index in [0.29, 0.717) is 5.56 Å². The minimum Gasteiger partial charge on any atom is -0.256 e. The highest BCUT2D eigenvalue weighted by molar-refractivity contribution is 6.11. The normalized spacial score (nSPS) is 11.3. The zero-order valence-electron chi connectivity index (χ0n) is 16.7. The second-order valence-electron chi connectivity index (χ2n) is 7.76. The molecule has 5 aromatic rings. The van der Waals surface area contributed by atoms with Crippen LogP contribution in [0.25, 0.3) is 43.9 Å². The number of aromatic nitrogens is 1. The van der Waals surface area contributed by atoms with Crippen LogP contribution in [0.1, 0.15) is 11.1 Å². The minimum absolute atomic E-state index is 0.654. The molecule has 0 unspecified atom stereocenters. The van der Waals surface area contributed by atoms with Crippen molar-refractivity contribution in [2.75, 3.05) is 0 Å². The quantitative estimate of drug-likeness (QED) is 0.280. The van der Waals surface area contributed by atoms with Crippen molar-refractivity contribution in [3.05, 3.63) is 102 Å². The Balaban J connectivity index is 1.70. The van der Waals surface area contributed by atoms with Gasteiger partial charge in [0.15, 0.2) is 11.6 Å². The summed E-state index contributed by atoms with van der Waals surface area (Å²) >= 11 is 0. The number of hydrogen-bond acceptors (Lipinski definition) is 1. The molecule has 1 aromatic heterocycles. The maximum Gasteiger partial charge on any atom is 0.159 e. The number of pyridine rings is 1. The van der Waals surface area contributed by atoms with Crippen molar-refractivity contribution in [3.8, 4) is 22.4 Å². The van der Waals surface area contributed by atoms with Crippen LogP contribution in [0, 0.1) is 25.5 Å². The molecule has 0 spiro atoms. The van der Waals surface area contributed by atoms with Gasteiger partial charge in [-0.2, -0.15) is 0 Å². The van der Waals surface area contributed by atoms with E-state index in [2.05, 4.69) is 49.2 Å². The van der Waals surface area contributed by atoms with Gasteiger partial charge in [0.25, 0.3) is 0 Å². The molecule has 0 saturated heterocycles. The maximum absolute atomic E-state index is 13.7. The zero-order chi connectivity index (χ0) is 20.8. The molecule has 0 aliphatic heterocycles. The highest BCUT2D eigenvalue weighted by atomic mass is 19.2. The van der Waals surface area contributed by atoms with Gasteiger partial charge in [-0.05, 0) is 77.5 Å². The van der Waals surface area contributed by atoms with Crippen LogP contribution in [0.3, 0.4) is 0 Å². The summed E-state index contributed by atoms with van der Waals surface area (Å²) in [6.07, 6.45) is 1.85. The minimum atomic E-state index is -0.838. The number of rotatable bonds is 2. The SMILES string of the molecule is Cc1cc(C)cc(-c2nccc3c2ccc2cc(-c4ccc(F)c(F)c4)ccc23)c1. The van der Waals surface area contributed by atoms with E-state index in [1.165, 1.54) is 17.2 Å². The Hall–Kier alpha value is -3.59. The lowest BCUT2D eigenvalue weighted by atomic mass is 9.95. The van der Waals surface area contributed by atoms with Crippen LogP contribution in [0.4, 0.5) is 8.78 Å². The number of nitrogens with zero attached hydrogens (tertiary/aromatic N) is 1. The first-order valence-corrected chi connectivity index (χ1v) is 9.85. The van der Waals surface area contributed by atoms with Gasteiger partial charge in [-0.15, -0.1) is 0 Å². The van der Waals surface area contributed by atoms with Crippen molar-refractivity contribution in [1.29, 1.82) is 0 Å². The topological polar surface area (TPSA) is 12.9 Å². The highest BCUT2D eigenvalue weighted by Gasteiger charge is 2.11. The van der Waals surface area contributed by atoms with Gasteiger partial charge in [0, 0.05) is 17.1 Å². The Morgan fingerprint density at radius 3 is 2.03 bits per heavy atom. The predicted molar refractivity (Wildman–Crippen MR) is 120 cm³/mol. The van der Waals surface area contributed by atoms with Crippen molar-refractivity contribution in [2.24, 2.45) is 0 Å². The Morgan fingerprint density at radius 1 is 0.567 bits per heavy atom. The Morgan fingerprint density at radius 2 is 1.27 bits per heavy atom. The summed E-state index contributed by atoms with van der Waals surface area (Å²) in [6.45, 7) is 4.19. The van der Waals surface area contributed by atoms with Crippen LogP contribution in [-0.4, -0.2) is 4.98 Å². The fourth-order valence-electron chi connectivity index (χ4n) is 4.19. The first-order valence-electron chi connectivity index (χ1n) is 9.85. The Kier molecular flexibility index (Phi) is 4.32. The molecule has 0 fully saturated rings. The van der Waals surface area contributed by atoms with Gasteiger partial charge in [-0.3, -0.25) is 4.98 Å². The largest absolute Gasteiger partial charge is 0.256 e. The number of hydrogen-bond donors (Lipinski definition) is 0. The fourth-order valence-corrected chi connectivity index (χ4v) is 4.19. The average Bonchev–Trinajstić information content (AvgIpc) is 2.74. The van der Waals surface area contributed by atoms with Crippen LogP contribution in [0.2, 0.25) is 0 Å². The van der Waals surface area contributed by atoms with E-state index in [0.717, 1.165) is 44.4 Å². The van der Waals surface area contributed by atoms with E-state index in [9.17, 15) is 8.78 Å². The lowest BCUT2D eigenvalue weighted by Gasteiger charge is -2.11. The highest BCUT2D eigenvalue weighted by Crippen LogP contribution is 2.34. The Labute approximate surface area is 173 Å². The zero-order valence-corrected chi connectivity index (χ0v) is 16.7. The second kappa shape index (κ2) is 7.03. The third-order valence-corrected chi connectivity index (χ3v) is 5.51. The van der Waals surface area contributed by atoms with Crippen LogP contribution in [0.5, 0.6) is 0 Å². The molecule has 0 aliphatic rings. The smallest absolute Gasteiger partial charge is 0.159 e. The molecule has 0 radical (unpaired) electrons. The summed E-state index contributed by atoms with van der Waals surface area (Å²) in [7, 11) is 0. The van der Waals surface area contributed by atoms with Gasteiger partial charge in [0.1, 0.15) is 0 Å². The van der Waals surface area contributed by atoms with Gasteiger partial charge in [0.05, 0.1) is 5.69 Å². The molecule has 0 amide bonds. The average molecular weight is 395 g/mol. The van der Waals surface area contributed by atoms with E-state index in [4.69, 9.17) is 0 Å². The molecule has 1 nitrogen and oxygen atoms in total. The van der Waals surface area contributed by atoms with Gasteiger partial charge < -0.3 is 0 Å². The van der Waals surface area contributed by atoms with E-state index in [-0.39, 0.29) is 0 Å². The molecular weight excluding hydrogens is 376 g/mol. The number of fused-ring (bicyclic) bond motifs is 3. The van der Waals surface area contributed by atoms with Crippen molar-refractivity contribution in [3.63, 3.8) is 0 Å². The molecule has 1 heterocycles. The van der Waals surface area contributed by atoms with Crippen molar-refractivity contribution < 1.29 is 8.78 Å². The summed E-state index contributed by atoms with van der Waals surface area (Å²) < 4.78 is 27.0. The van der Waals surface area contributed by atoms with Crippen molar-refractivity contribution in [2.45, 2.75) is 13.8 Å².